The van der Waals surface area contributed by atoms with Crippen molar-refractivity contribution in [1.82, 2.24) is 5.48 Å². The minimum atomic E-state index is -0.634. The molecule has 2 N–H and O–H groups in total. The molecule has 0 aromatic carbocycles. The second-order valence-electron chi connectivity index (χ2n) is 0.441. The van der Waals surface area contributed by atoms with Crippen LogP contribution in [0.4, 0.5) is 4.79 Å². The topological polar surface area (TPSA) is 49.3 Å². The molecule has 5 heavy (non-hydrogen) atoms. The minimum absolute atomic E-state index is 0.634. The van der Waals surface area contributed by atoms with E-state index in [1.807, 2.05) is 0 Å². The van der Waals surface area contributed by atoms with Crippen LogP contribution < -0.4 is 5.48 Å². The fourth-order valence-electron chi connectivity index (χ4n) is 0. The van der Waals surface area contributed by atoms with Crippen molar-refractivity contribution in [2.75, 3.05) is 0 Å². The maximum Gasteiger partial charge on any atom is 0.207 e. The molecule has 0 bridgehead atoms. The fourth-order valence-corrected chi connectivity index (χ4v) is 0. The van der Waals surface area contributed by atoms with Gasteiger partial charge in [0.25, 0.3) is 0 Å². The third kappa shape index (κ3) is 3.65. The Labute approximate surface area is 32.4 Å². The molecule has 0 aliphatic heterocycles. The van der Waals surface area contributed by atoms with E-state index in [9.17, 15) is 4.79 Å². The van der Waals surface area contributed by atoms with Crippen LogP contribution >= 0.6 is 0 Å². The molecule has 0 saturated carbocycles. The van der Waals surface area contributed by atoms with Gasteiger partial charge in [0.2, 0.25) is 5.53 Å². The highest BCUT2D eigenvalue weighted by atomic mass is 28.1. The van der Waals surface area contributed by atoms with Crippen LogP contribution in [0.25, 0.3) is 0 Å². The zero-order valence-electron chi connectivity index (χ0n) is 2.36. The van der Waals surface area contributed by atoms with Crippen LogP contribution in [0.1, 0.15) is 0 Å². The summed E-state index contributed by atoms with van der Waals surface area (Å²) < 4.78 is 0. The SMILES string of the molecule is O=C([Si])NO. The standard InChI is InChI=1S/CH2NO2Si/c3-1(5)2-4/h4H,(H,2,3). The van der Waals surface area contributed by atoms with Gasteiger partial charge in [0.15, 0.2) is 10.2 Å². The second kappa shape index (κ2) is 1.92. The number of carbonyl (C=O) groups is 1. The molecule has 3 radical (unpaired) electrons. The highest BCUT2D eigenvalue weighted by Crippen LogP contribution is 1.44. The Morgan fingerprint density at radius 3 is 2.20 bits per heavy atom. The Morgan fingerprint density at radius 1 is 2.00 bits per heavy atom. The molecular formula is CH2NO2Si. The molecule has 0 spiro atoms. The smallest absolute Gasteiger partial charge is 0.207 e. The van der Waals surface area contributed by atoms with Crippen molar-refractivity contribution >= 4 is 15.8 Å². The second-order valence-corrected chi connectivity index (χ2v) is 0.895. The van der Waals surface area contributed by atoms with Crippen molar-refractivity contribution in [1.29, 1.82) is 0 Å². The number of nitrogens with one attached hydrogen (secondary N) is 1. The van der Waals surface area contributed by atoms with Crippen molar-refractivity contribution in [3.63, 3.8) is 0 Å². The fraction of sp³-hybridized carbons (Fsp3) is 0. The van der Waals surface area contributed by atoms with Gasteiger partial charge in [-0.25, -0.2) is 5.48 Å². The Balaban J connectivity index is 2.85. The average Bonchev–Trinajstić information content (AvgIpc) is 1.38. The van der Waals surface area contributed by atoms with E-state index in [1.54, 1.807) is 0 Å². The van der Waals surface area contributed by atoms with Gasteiger partial charge < -0.3 is 0 Å². The first-order chi connectivity index (χ1) is 2.27. The van der Waals surface area contributed by atoms with Gasteiger partial charge in [0.05, 0.1) is 0 Å². The molecule has 0 heterocycles. The van der Waals surface area contributed by atoms with Gasteiger partial charge in [-0.3, -0.25) is 10.0 Å². The third-order valence-electron chi connectivity index (χ3n) is 0.102. The lowest BCUT2D eigenvalue weighted by Crippen LogP contribution is -2.15. The van der Waals surface area contributed by atoms with E-state index in [0.29, 0.717) is 0 Å². The Morgan fingerprint density at radius 2 is 2.20 bits per heavy atom. The number of amides is 1. The molecule has 27 valence electrons. The molecule has 4 heteroatoms. The van der Waals surface area contributed by atoms with E-state index in [2.05, 4.69) is 10.2 Å². The number of carbonyl (C=O) groups excluding carboxylic acids is 1. The monoisotopic (exact) mass is 88.0 g/mol. The number of hydrogen-bond acceptors (Lipinski definition) is 2. The maximum atomic E-state index is 9.36. The van der Waals surface area contributed by atoms with Crippen LogP contribution in [0.3, 0.4) is 0 Å². The molecule has 3 nitrogen and oxygen atoms in total. The Bertz CT molecular complexity index is 44.9. The largest absolute Gasteiger partial charge is 0.289 e. The van der Waals surface area contributed by atoms with Gasteiger partial charge in [0.1, 0.15) is 0 Å². The maximum absolute atomic E-state index is 9.36. The van der Waals surface area contributed by atoms with Crippen molar-refractivity contribution in [3.8, 4) is 0 Å². The molecule has 0 saturated heterocycles. The minimum Gasteiger partial charge on any atom is -0.289 e. The number of hydrogen-bond donors (Lipinski definition) is 2. The lowest BCUT2D eigenvalue weighted by molar-refractivity contribution is 0.179. The van der Waals surface area contributed by atoms with E-state index in [4.69, 9.17) is 5.21 Å². The Kier molecular flexibility index (Phi) is 1.79. The van der Waals surface area contributed by atoms with E-state index >= 15 is 0 Å². The third-order valence-corrected chi connectivity index (χ3v) is 0.213. The summed E-state index contributed by atoms with van der Waals surface area (Å²) in [6.45, 7) is 0. The summed E-state index contributed by atoms with van der Waals surface area (Å²) in [5.74, 6) is 0. The zero-order valence-corrected chi connectivity index (χ0v) is 3.36. The van der Waals surface area contributed by atoms with Gasteiger partial charge in [0, 0.05) is 0 Å². The van der Waals surface area contributed by atoms with Gasteiger partial charge in [-0.15, -0.1) is 0 Å². The molecule has 0 atom stereocenters. The molecule has 0 aromatic heterocycles. The predicted molar refractivity (Wildman–Crippen MR) is 16.1 cm³/mol. The first kappa shape index (κ1) is 4.65. The van der Waals surface area contributed by atoms with Crippen molar-refractivity contribution in [3.05, 3.63) is 0 Å². The average molecular weight is 88.1 g/mol. The summed E-state index contributed by atoms with van der Waals surface area (Å²) in [5, 5.41) is 7.50. The lowest BCUT2D eigenvalue weighted by Gasteiger charge is -1.78. The van der Waals surface area contributed by atoms with Crippen molar-refractivity contribution in [2.45, 2.75) is 0 Å². The van der Waals surface area contributed by atoms with E-state index < -0.39 is 5.53 Å². The Hall–Kier alpha value is -0.353. The van der Waals surface area contributed by atoms with Crippen LogP contribution in [0, 0.1) is 0 Å². The predicted octanol–water partition coefficient (Wildman–Crippen LogP) is -0.746. The van der Waals surface area contributed by atoms with Gasteiger partial charge in [-0.05, 0) is 0 Å². The summed E-state index contributed by atoms with van der Waals surface area (Å²) >= 11 is 0. The van der Waals surface area contributed by atoms with E-state index in [0.717, 1.165) is 0 Å². The normalized spacial score (nSPS) is 6.80. The highest BCUT2D eigenvalue weighted by Gasteiger charge is 1.75. The first-order valence-electron chi connectivity index (χ1n) is 0.928. The van der Waals surface area contributed by atoms with Crippen LogP contribution in [-0.4, -0.2) is 21.0 Å². The summed E-state index contributed by atoms with van der Waals surface area (Å²) in [7, 11) is 2.42. The van der Waals surface area contributed by atoms with Crippen LogP contribution in [0.15, 0.2) is 0 Å². The number of hydroxylamine groups is 1. The van der Waals surface area contributed by atoms with Gasteiger partial charge in [-0.2, -0.15) is 0 Å². The van der Waals surface area contributed by atoms with E-state index in [-0.39, 0.29) is 0 Å². The summed E-state index contributed by atoms with van der Waals surface area (Å²) in [5.41, 5.74) is 0.668. The van der Waals surface area contributed by atoms with Gasteiger partial charge >= 0.3 is 0 Å². The summed E-state index contributed by atoms with van der Waals surface area (Å²) in [4.78, 5) is 9.36. The van der Waals surface area contributed by atoms with Crippen LogP contribution in [0.5, 0.6) is 0 Å². The quantitative estimate of drug-likeness (QED) is 0.232. The number of rotatable bonds is 0. The van der Waals surface area contributed by atoms with Gasteiger partial charge in [-0.1, -0.05) is 0 Å². The van der Waals surface area contributed by atoms with Crippen LogP contribution in [-0.2, 0) is 0 Å². The first-order valence-corrected chi connectivity index (χ1v) is 1.43. The molecule has 1 amide bonds. The lowest BCUT2D eigenvalue weighted by atomic mass is 11.4. The highest BCUT2D eigenvalue weighted by molar-refractivity contribution is 6.56. The van der Waals surface area contributed by atoms with Crippen molar-refractivity contribution in [2.24, 2.45) is 0 Å². The summed E-state index contributed by atoms with van der Waals surface area (Å²) in [6.07, 6.45) is 0. The molecular weight excluding hydrogens is 86.1 g/mol. The molecule has 0 aliphatic rings. The summed E-state index contributed by atoms with van der Waals surface area (Å²) in [6, 6.07) is 0. The molecule has 0 aliphatic carbocycles. The van der Waals surface area contributed by atoms with Crippen molar-refractivity contribution < 1.29 is 10.0 Å². The molecule has 0 rings (SSSR count). The van der Waals surface area contributed by atoms with Crippen LogP contribution in [0.2, 0.25) is 0 Å². The zero-order chi connectivity index (χ0) is 4.28. The molecule has 0 unspecified atom stereocenters. The molecule has 0 aromatic rings. The molecule has 0 fully saturated rings. The van der Waals surface area contributed by atoms with E-state index in [1.165, 1.54) is 5.48 Å².